The van der Waals surface area contributed by atoms with Crippen molar-refractivity contribution in [3.8, 4) is 0 Å². The van der Waals surface area contributed by atoms with Crippen LogP contribution >= 0.6 is 39.7 Å². The van der Waals surface area contributed by atoms with Crippen molar-refractivity contribution in [3.05, 3.63) is 67.9 Å². The molecular formula is C14H9BrClFN2OS. The third-order valence-corrected chi connectivity index (χ3v) is 3.82. The van der Waals surface area contributed by atoms with E-state index in [-0.39, 0.29) is 25.4 Å². The summed E-state index contributed by atoms with van der Waals surface area (Å²) in [5, 5.41) is 0.269. The summed E-state index contributed by atoms with van der Waals surface area (Å²) in [5.41, 5.74) is 0.214. The lowest BCUT2D eigenvalue weighted by Gasteiger charge is -2.11. The van der Waals surface area contributed by atoms with E-state index < -0.39 is 11.4 Å². The van der Waals surface area contributed by atoms with Crippen LogP contribution < -0.4 is 5.56 Å². The molecule has 108 valence electrons. The lowest BCUT2D eigenvalue weighted by Crippen LogP contribution is -2.22. The van der Waals surface area contributed by atoms with Crippen molar-refractivity contribution in [2.24, 2.45) is 0 Å². The average molecular weight is 388 g/mol. The number of H-pyrrole nitrogens is 1. The van der Waals surface area contributed by atoms with Gasteiger partial charge in [-0.15, -0.1) is 0 Å². The fourth-order valence-electron chi connectivity index (χ4n) is 1.83. The molecule has 2 rings (SSSR count). The van der Waals surface area contributed by atoms with Crippen LogP contribution in [0.2, 0.25) is 0 Å². The van der Waals surface area contributed by atoms with Gasteiger partial charge in [0.25, 0.3) is 5.56 Å². The van der Waals surface area contributed by atoms with Crippen molar-refractivity contribution in [2.75, 3.05) is 0 Å². The Hall–Kier alpha value is -1.50. The highest BCUT2D eigenvalue weighted by atomic mass is 79.9. The van der Waals surface area contributed by atoms with Crippen LogP contribution in [0.15, 0.2) is 51.7 Å². The minimum Gasteiger partial charge on any atom is -0.331 e. The quantitative estimate of drug-likeness (QED) is 0.610. The van der Waals surface area contributed by atoms with Crippen LogP contribution in [-0.4, -0.2) is 9.55 Å². The molecule has 0 radical (unpaired) electrons. The van der Waals surface area contributed by atoms with E-state index in [9.17, 15) is 9.18 Å². The number of aromatic nitrogens is 2. The van der Waals surface area contributed by atoms with Crippen LogP contribution in [0.25, 0.3) is 16.6 Å². The summed E-state index contributed by atoms with van der Waals surface area (Å²) in [6, 6.07) is 2.59. The van der Waals surface area contributed by atoms with Crippen molar-refractivity contribution in [1.29, 1.82) is 0 Å². The number of allylic oxidation sites excluding steroid dienone is 4. The van der Waals surface area contributed by atoms with Crippen molar-refractivity contribution < 1.29 is 4.39 Å². The standard InChI is InChI=1S/C14H9BrClFN2OS/c1-3-4-12(7(2)16)19-13(20)8-5-10(17)9(15)6-11(8)18-14(19)21/h3-6H,1-2H2,(H,18,21)/b12-4+. The number of nitrogens with one attached hydrogen (secondary N) is 1. The zero-order valence-electron chi connectivity index (χ0n) is 10.6. The van der Waals surface area contributed by atoms with E-state index in [4.69, 9.17) is 23.8 Å². The zero-order valence-corrected chi connectivity index (χ0v) is 13.8. The lowest BCUT2D eigenvalue weighted by molar-refractivity contribution is 0.622. The molecule has 3 nitrogen and oxygen atoms in total. The van der Waals surface area contributed by atoms with Gasteiger partial charge in [-0.25, -0.2) is 4.39 Å². The highest BCUT2D eigenvalue weighted by Crippen LogP contribution is 2.22. The van der Waals surface area contributed by atoms with E-state index in [2.05, 4.69) is 34.1 Å². The molecule has 1 heterocycles. The van der Waals surface area contributed by atoms with Gasteiger partial charge in [-0.1, -0.05) is 30.8 Å². The summed E-state index contributed by atoms with van der Waals surface area (Å²) in [7, 11) is 0. The van der Waals surface area contributed by atoms with Crippen molar-refractivity contribution in [1.82, 2.24) is 9.55 Å². The van der Waals surface area contributed by atoms with Crippen LogP contribution in [-0.2, 0) is 0 Å². The maximum Gasteiger partial charge on any atom is 0.266 e. The van der Waals surface area contributed by atoms with E-state index >= 15 is 0 Å². The Balaban J connectivity index is 2.96. The molecule has 0 aliphatic carbocycles. The first-order valence-corrected chi connectivity index (χ1v) is 7.26. The molecule has 21 heavy (non-hydrogen) atoms. The van der Waals surface area contributed by atoms with Gasteiger partial charge in [0.1, 0.15) is 5.82 Å². The second-order valence-corrected chi connectivity index (χ2v) is 5.77. The minimum atomic E-state index is -0.546. The van der Waals surface area contributed by atoms with E-state index in [1.807, 2.05) is 0 Å². The Morgan fingerprint density at radius 2 is 2.19 bits per heavy atom. The predicted octanol–water partition coefficient (Wildman–Crippen LogP) is 4.74. The summed E-state index contributed by atoms with van der Waals surface area (Å²) in [6.07, 6.45) is 2.96. The summed E-state index contributed by atoms with van der Waals surface area (Å²) >= 11 is 14.1. The van der Waals surface area contributed by atoms with Gasteiger partial charge in [0, 0.05) is 0 Å². The number of halogens is 3. The van der Waals surface area contributed by atoms with Gasteiger partial charge in [0.2, 0.25) is 0 Å². The highest BCUT2D eigenvalue weighted by Gasteiger charge is 2.13. The molecule has 0 saturated carbocycles. The molecule has 0 aliphatic heterocycles. The van der Waals surface area contributed by atoms with E-state index in [0.717, 1.165) is 10.6 Å². The van der Waals surface area contributed by atoms with Crippen molar-refractivity contribution in [2.45, 2.75) is 0 Å². The second-order valence-electron chi connectivity index (χ2n) is 4.08. The molecule has 0 saturated heterocycles. The Labute approximate surface area is 138 Å². The third-order valence-electron chi connectivity index (χ3n) is 2.73. The number of aromatic amines is 1. The number of hydrogen-bond acceptors (Lipinski definition) is 2. The van der Waals surface area contributed by atoms with Gasteiger partial charge in [-0.3, -0.25) is 9.36 Å². The molecule has 0 amide bonds. The van der Waals surface area contributed by atoms with Gasteiger partial charge >= 0.3 is 0 Å². The largest absolute Gasteiger partial charge is 0.331 e. The average Bonchev–Trinajstić information content (AvgIpc) is 2.40. The van der Waals surface area contributed by atoms with Crippen LogP contribution in [0, 0.1) is 10.6 Å². The lowest BCUT2D eigenvalue weighted by atomic mass is 10.2. The first-order chi connectivity index (χ1) is 9.86. The van der Waals surface area contributed by atoms with Gasteiger partial charge in [0.05, 0.1) is 26.1 Å². The molecule has 0 fully saturated rings. The minimum absolute atomic E-state index is 0.119. The fourth-order valence-corrected chi connectivity index (χ4v) is 2.61. The summed E-state index contributed by atoms with van der Waals surface area (Å²) in [5.74, 6) is -0.546. The Morgan fingerprint density at radius 1 is 1.52 bits per heavy atom. The normalized spacial score (nSPS) is 11.7. The van der Waals surface area contributed by atoms with Crippen LogP contribution in [0.3, 0.4) is 0 Å². The maximum atomic E-state index is 13.7. The molecule has 0 spiro atoms. The number of hydrogen-bond donors (Lipinski definition) is 1. The molecular weight excluding hydrogens is 379 g/mol. The summed E-state index contributed by atoms with van der Waals surface area (Å²) in [4.78, 5) is 15.4. The number of fused-ring (bicyclic) bond motifs is 1. The van der Waals surface area contributed by atoms with Crippen LogP contribution in [0.1, 0.15) is 0 Å². The Kier molecular flexibility index (Phi) is 4.61. The topological polar surface area (TPSA) is 37.8 Å². The van der Waals surface area contributed by atoms with E-state index in [1.54, 1.807) is 0 Å². The van der Waals surface area contributed by atoms with Gasteiger partial charge in [-0.05, 0) is 46.4 Å². The van der Waals surface area contributed by atoms with Crippen LogP contribution in [0.4, 0.5) is 4.39 Å². The number of rotatable bonds is 3. The number of nitrogens with zero attached hydrogens (tertiary/aromatic N) is 1. The number of benzene rings is 1. The SMILES string of the molecule is C=C/C=C(\C(=C)Cl)n1c(=S)[nH]c2cc(Br)c(F)cc2c1=O. The smallest absolute Gasteiger partial charge is 0.266 e. The molecule has 1 N–H and O–H groups in total. The first-order valence-electron chi connectivity index (χ1n) is 5.68. The molecule has 7 heteroatoms. The predicted molar refractivity (Wildman–Crippen MR) is 90.5 cm³/mol. The Bertz CT molecular complexity index is 914. The molecule has 1 aromatic heterocycles. The van der Waals surface area contributed by atoms with Gasteiger partial charge in [0.15, 0.2) is 4.77 Å². The van der Waals surface area contributed by atoms with Gasteiger partial charge < -0.3 is 4.98 Å². The molecule has 0 bridgehead atoms. The van der Waals surface area contributed by atoms with E-state index in [1.165, 1.54) is 18.2 Å². The monoisotopic (exact) mass is 386 g/mol. The Morgan fingerprint density at radius 3 is 2.76 bits per heavy atom. The summed E-state index contributed by atoms with van der Waals surface area (Å²) < 4.78 is 15.2. The fraction of sp³-hybridized carbons (Fsp3) is 0. The highest BCUT2D eigenvalue weighted by molar-refractivity contribution is 9.10. The molecule has 0 aliphatic rings. The maximum absolute atomic E-state index is 13.7. The van der Waals surface area contributed by atoms with Crippen LogP contribution in [0.5, 0.6) is 0 Å². The summed E-state index contributed by atoms with van der Waals surface area (Å²) in [6.45, 7) is 7.15. The third kappa shape index (κ3) is 2.92. The first kappa shape index (κ1) is 15.9. The molecule has 2 aromatic rings. The second kappa shape index (κ2) is 6.09. The molecule has 1 aromatic carbocycles. The van der Waals surface area contributed by atoms with Crippen molar-refractivity contribution >= 4 is 56.3 Å². The van der Waals surface area contributed by atoms with Gasteiger partial charge in [-0.2, -0.15) is 0 Å². The van der Waals surface area contributed by atoms with E-state index in [0.29, 0.717) is 5.52 Å². The zero-order chi connectivity index (χ0) is 15.7. The molecule has 0 unspecified atom stereocenters. The molecule has 0 atom stereocenters. The van der Waals surface area contributed by atoms with Crippen molar-refractivity contribution in [3.63, 3.8) is 0 Å².